The van der Waals surface area contributed by atoms with Crippen LogP contribution in [0.15, 0.2) is 12.4 Å². The maximum absolute atomic E-state index is 6.16. The maximum atomic E-state index is 6.16. The highest BCUT2D eigenvalue weighted by Gasteiger charge is 2.31. The molecule has 32 heavy (non-hydrogen) atoms. The Morgan fingerprint density at radius 3 is 2.50 bits per heavy atom. The third kappa shape index (κ3) is 3.81. The SMILES string of the molecule is Cc1nc2nc(C3CCOC(c4cnn(C5CC5)c4)C3)nc(C3CCCCC3)c2nc1C. The van der Waals surface area contributed by atoms with Crippen molar-refractivity contribution in [3.63, 3.8) is 0 Å². The molecular formula is C25H32N6O. The van der Waals surface area contributed by atoms with Crippen LogP contribution in [0.5, 0.6) is 0 Å². The molecule has 3 aliphatic rings. The third-order valence-corrected chi connectivity index (χ3v) is 7.54. The van der Waals surface area contributed by atoms with E-state index in [-0.39, 0.29) is 12.0 Å². The maximum Gasteiger partial charge on any atom is 0.182 e. The van der Waals surface area contributed by atoms with E-state index >= 15 is 0 Å². The van der Waals surface area contributed by atoms with Gasteiger partial charge in [-0.1, -0.05) is 19.3 Å². The molecular weight excluding hydrogens is 400 g/mol. The van der Waals surface area contributed by atoms with Crippen molar-refractivity contribution in [2.45, 2.75) is 95.6 Å². The molecule has 1 saturated heterocycles. The van der Waals surface area contributed by atoms with E-state index in [0.717, 1.165) is 53.5 Å². The summed E-state index contributed by atoms with van der Waals surface area (Å²) in [4.78, 5) is 19.9. The molecule has 3 aromatic heterocycles. The van der Waals surface area contributed by atoms with Gasteiger partial charge in [0.15, 0.2) is 5.65 Å². The van der Waals surface area contributed by atoms with Gasteiger partial charge in [0.1, 0.15) is 11.3 Å². The first-order chi connectivity index (χ1) is 15.7. The fraction of sp³-hybridized carbons (Fsp3) is 0.640. The van der Waals surface area contributed by atoms with E-state index in [1.807, 2.05) is 20.0 Å². The predicted molar refractivity (Wildman–Crippen MR) is 122 cm³/mol. The van der Waals surface area contributed by atoms with Crippen LogP contribution in [0.2, 0.25) is 0 Å². The lowest BCUT2D eigenvalue weighted by Crippen LogP contribution is -2.21. The van der Waals surface area contributed by atoms with Crippen LogP contribution in [0.3, 0.4) is 0 Å². The Morgan fingerprint density at radius 2 is 1.69 bits per heavy atom. The molecule has 7 nitrogen and oxygen atoms in total. The summed E-state index contributed by atoms with van der Waals surface area (Å²) < 4.78 is 8.27. The molecule has 0 amide bonds. The van der Waals surface area contributed by atoms with E-state index in [4.69, 9.17) is 24.7 Å². The summed E-state index contributed by atoms with van der Waals surface area (Å²) in [7, 11) is 0. The van der Waals surface area contributed by atoms with Crippen LogP contribution in [0.1, 0.15) is 110 Å². The Bertz CT molecular complexity index is 1130. The molecule has 7 heteroatoms. The molecule has 0 aromatic carbocycles. The van der Waals surface area contributed by atoms with E-state index in [2.05, 4.69) is 16.0 Å². The molecule has 0 N–H and O–H groups in total. The van der Waals surface area contributed by atoms with Crippen molar-refractivity contribution in [3.05, 3.63) is 40.9 Å². The van der Waals surface area contributed by atoms with Gasteiger partial charge in [0.2, 0.25) is 0 Å². The molecule has 0 spiro atoms. The Hall–Kier alpha value is -2.41. The first kappa shape index (κ1) is 20.2. The smallest absolute Gasteiger partial charge is 0.182 e. The minimum Gasteiger partial charge on any atom is -0.373 e. The first-order valence-corrected chi connectivity index (χ1v) is 12.3. The fourth-order valence-electron chi connectivity index (χ4n) is 5.32. The lowest BCUT2D eigenvalue weighted by Gasteiger charge is -2.29. The first-order valence-electron chi connectivity index (χ1n) is 12.3. The number of ether oxygens (including phenoxy) is 1. The average Bonchev–Trinajstić information content (AvgIpc) is 3.56. The molecule has 2 atom stereocenters. The Morgan fingerprint density at radius 1 is 0.875 bits per heavy atom. The standard InChI is InChI=1S/C25H32N6O/c1-15-16(2)28-25-23(27-15)22(17-6-4-3-5-7-17)29-24(30-25)18-10-11-32-21(12-18)19-13-26-31(14-19)20-8-9-20/h13-14,17-18,20-21H,3-12H2,1-2H3. The largest absolute Gasteiger partial charge is 0.373 e. The van der Waals surface area contributed by atoms with Crippen molar-refractivity contribution in [1.82, 2.24) is 29.7 Å². The zero-order valence-corrected chi connectivity index (χ0v) is 19.1. The number of aryl methyl sites for hydroxylation is 2. The Labute approximate surface area is 189 Å². The molecule has 2 unspecified atom stereocenters. The van der Waals surface area contributed by atoms with Crippen molar-refractivity contribution < 1.29 is 4.74 Å². The second kappa shape index (κ2) is 8.18. The third-order valence-electron chi connectivity index (χ3n) is 7.54. The van der Waals surface area contributed by atoms with E-state index < -0.39 is 0 Å². The van der Waals surface area contributed by atoms with Crippen LogP contribution >= 0.6 is 0 Å². The summed E-state index contributed by atoms with van der Waals surface area (Å²) in [5.41, 5.74) is 5.92. The summed E-state index contributed by atoms with van der Waals surface area (Å²) >= 11 is 0. The zero-order chi connectivity index (χ0) is 21.7. The van der Waals surface area contributed by atoms with Gasteiger partial charge in [-0.15, -0.1) is 0 Å². The molecule has 0 radical (unpaired) electrons. The van der Waals surface area contributed by atoms with E-state index in [0.29, 0.717) is 12.0 Å². The number of hydrogen-bond donors (Lipinski definition) is 0. The molecule has 1 aliphatic heterocycles. The van der Waals surface area contributed by atoms with Gasteiger partial charge in [-0.25, -0.2) is 19.9 Å². The topological polar surface area (TPSA) is 78.6 Å². The summed E-state index contributed by atoms with van der Waals surface area (Å²) in [5, 5.41) is 4.57. The highest BCUT2D eigenvalue weighted by atomic mass is 16.5. The molecule has 6 rings (SSSR count). The molecule has 4 heterocycles. The molecule has 2 aliphatic carbocycles. The van der Waals surface area contributed by atoms with Crippen LogP contribution in [-0.4, -0.2) is 36.3 Å². The van der Waals surface area contributed by atoms with Gasteiger partial charge in [-0.05, 0) is 52.4 Å². The summed E-state index contributed by atoms with van der Waals surface area (Å²) in [6, 6.07) is 0.593. The van der Waals surface area contributed by atoms with Crippen LogP contribution < -0.4 is 0 Å². The second-order valence-electron chi connectivity index (χ2n) is 9.93. The van der Waals surface area contributed by atoms with Crippen molar-refractivity contribution in [3.8, 4) is 0 Å². The predicted octanol–water partition coefficient (Wildman–Crippen LogP) is 5.25. The van der Waals surface area contributed by atoms with Crippen LogP contribution in [0, 0.1) is 13.8 Å². The second-order valence-corrected chi connectivity index (χ2v) is 9.93. The summed E-state index contributed by atoms with van der Waals surface area (Å²) in [5.74, 6) is 1.67. The van der Waals surface area contributed by atoms with Crippen molar-refractivity contribution in [2.75, 3.05) is 6.61 Å². The quantitative estimate of drug-likeness (QED) is 0.560. The number of fused-ring (bicyclic) bond motifs is 1. The van der Waals surface area contributed by atoms with E-state index in [1.54, 1.807) is 0 Å². The molecule has 168 valence electrons. The molecule has 3 fully saturated rings. The lowest BCUT2D eigenvalue weighted by atomic mass is 9.86. The van der Waals surface area contributed by atoms with Gasteiger partial charge in [0.25, 0.3) is 0 Å². The van der Waals surface area contributed by atoms with Gasteiger partial charge >= 0.3 is 0 Å². The van der Waals surface area contributed by atoms with Gasteiger partial charge in [0, 0.05) is 30.2 Å². The molecule has 2 saturated carbocycles. The van der Waals surface area contributed by atoms with Gasteiger partial charge in [0.05, 0.1) is 35.4 Å². The minimum absolute atomic E-state index is 0.0597. The summed E-state index contributed by atoms with van der Waals surface area (Å²) in [6.45, 7) is 4.78. The number of rotatable bonds is 4. The number of aromatic nitrogens is 6. The monoisotopic (exact) mass is 432 g/mol. The van der Waals surface area contributed by atoms with Gasteiger partial charge in [-0.2, -0.15) is 5.10 Å². The van der Waals surface area contributed by atoms with Crippen LogP contribution in [0.25, 0.3) is 11.2 Å². The minimum atomic E-state index is 0.0597. The van der Waals surface area contributed by atoms with Gasteiger partial charge < -0.3 is 4.74 Å². The van der Waals surface area contributed by atoms with Crippen LogP contribution in [0.4, 0.5) is 0 Å². The fourth-order valence-corrected chi connectivity index (χ4v) is 5.32. The number of hydrogen-bond acceptors (Lipinski definition) is 6. The average molecular weight is 433 g/mol. The van der Waals surface area contributed by atoms with Gasteiger partial charge in [-0.3, -0.25) is 4.68 Å². The Balaban J connectivity index is 1.34. The highest BCUT2D eigenvalue weighted by molar-refractivity contribution is 5.73. The van der Waals surface area contributed by atoms with E-state index in [9.17, 15) is 0 Å². The lowest BCUT2D eigenvalue weighted by molar-refractivity contribution is 0.00390. The van der Waals surface area contributed by atoms with Crippen molar-refractivity contribution in [1.29, 1.82) is 0 Å². The van der Waals surface area contributed by atoms with Crippen LogP contribution in [-0.2, 0) is 4.74 Å². The molecule has 0 bridgehead atoms. The van der Waals surface area contributed by atoms with Crippen molar-refractivity contribution >= 4 is 11.2 Å². The van der Waals surface area contributed by atoms with E-state index in [1.165, 1.54) is 50.5 Å². The van der Waals surface area contributed by atoms with Crippen molar-refractivity contribution in [2.24, 2.45) is 0 Å². The molecule has 3 aromatic rings. The number of nitrogens with zero attached hydrogens (tertiary/aromatic N) is 6. The Kier molecular flexibility index (Phi) is 5.17. The zero-order valence-electron chi connectivity index (χ0n) is 19.1. The summed E-state index contributed by atoms with van der Waals surface area (Å²) in [6.07, 6.45) is 14.8. The highest BCUT2D eigenvalue weighted by Crippen LogP contribution is 2.40. The normalized spacial score (nSPS) is 24.8.